The topological polar surface area (TPSA) is 20.3 Å². The molecule has 0 spiro atoms. The predicted molar refractivity (Wildman–Crippen MR) is 78.5 cm³/mol. The van der Waals surface area contributed by atoms with Crippen LogP contribution in [0.3, 0.4) is 0 Å². The van der Waals surface area contributed by atoms with Gasteiger partial charge in [-0.2, -0.15) is 0 Å². The van der Waals surface area contributed by atoms with Gasteiger partial charge in [-0.15, -0.1) is 0 Å². The molecule has 0 N–H and O–H groups in total. The summed E-state index contributed by atoms with van der Waals surface area (Å²) in [6.07, 6.45) is 3.48. The van der Waals surface area contributed by atoms with E-state index in [1.54, 1.807) is 24.3 Å². The van der Waals surface area contributed by atoms with Crippen LogP contribution in [0.4, 0.5) is 0 Å². The van der Waals surface area contributed by atoms with Gasteiger partial charge in [0.1, 0.15) is 0 Å². The molecule has 1 aliphatic rings. The summed E-state index contributed by atoms with van der Waals surface area (Å²) in [5.41, 5.74) is 0.735. The molecule has 1 atom stereocenters. The van der Waals surface area contributed by atoms with Gasteiger partial charge in [-0.05, 0) is 49.4 Å². The first kappa shape index (κ1) is 13.9. The van der Waals surface area contributed by atoms with Crippen molar-refractivity contribution in [3.8, 4) is 0 Å². The molecular weight excluding hydrogens is 314 g/mol. The molecule has 4 heteroatoms. The van der Waals surface area contributed by atoms with Crippen molar-refractivity contribution in [1.82, 2.24) is 4.90 Å². The summed E-state index contributed by atoms with van der Waals surface area (Å²) < 4.78 is 0. The molecule has 0 aromatic heterocycles. The third-order valence-electron chi connectivity index (χ3n) is 3.41. The van der Waals surface area contributed by atoms with Crippen molar-refractivity contribution in [1.29, 1.82) is 0 Å². The highest BCUT2D eigenvalue weighted by Gasteiger charge is 2.23. The smallest absolute Gasteiger partial charge is 0.253 e. The van der Waals surface area contributed by atoms with E-state index in [-0.39, 0.29) is 5.91 Å². The van der Waals surface area contributed by atoms with Crippen LogP contribution in [0.1, 0.15) is 29.6 Å². The summed E-state index contributed by atoms with van der Waals surface area (Å²) in [5.74, 6) is 0.764. The molecule has 0 saturated carbocycles. The highest BCUT2D eigenvalue weighted by atomic mass is 79.9. The molecule has 2 rings (SSSR count). The van der Waals surface area contributed by atoms with E-state index in [1.165, 1.54) is 6.42 Å². The molecule has 2 nitrogen and oxygen atoms in total. The molecule has 1 fully saturated rings. The fraction of sp³-hybridized carbons (Fsp3) is 0.500. The summed E-state index contributed by atoms with van der Waals surface area (Å²) in [6.45, 7) is 1.76. The Balaban J connectivity index is 2.02. The average molecular weight is 331 g/mol. The molecule has 18 heavy (non-hydrogen) atoms. The first-order valence-corrected chi connectivity index (χ1v) is 7.81. The van der Waals surface area contributed by atoms with Gasteiger partial charge in [-0.25, -0.2) is 0 Å². The fourth-order valence-corrected chi connectivity index (χ4v) is 3.19. The van der Waals surface area contributed by atoms with Gasteiger partial charge < -0.3 is 4.90 Å². The number of halogens is 2. The van der Waals surface area contributed by atoms with Crippen molar-refractivity contribution in [2.24, 2.45) is 5.92 Å². The quantitative estimate of drug-likeness (QED) is 0.768. The maximum absolute atomic E-state index is 12.3. The van der Waals surface area contributed by atoms with Crippen molar-refractivity contribution in [3.63, 3.8) is 0 Å². The maximum atomic E-state index is 12.3. The number of hydrogen-bond acceptors (Lipinski definition) is 1. The Bertz CT molecular complexity index is 405. The molecule has 0 bridgehead atoms. The van der Waals surface area contributed by atoms with Crippen molar-refractivity contribution in [3.05, 3.63) is 34.9 Å². The average Bonchev–Trinajstić information content (AvgIpc) is 2.39. The maximum Gasteiger partial charge on any atom is 0.253 e. The van der Waals surface area contributed by atoms with Crippen molar-refractivity contribution in [2.75, 3.05) is 18.4 Å². The van der Waals surface area contributed by atoms with E-state index in [2.05, 4.69) is 15.9 Å². The van der Waals surface area contributed by atoms with Crippen LogP contribution in [0.2, 0.25) is 5.02 Å². The Morgan fingerprint density at radius 3 is 2.78 bits per heavy atom. The van der Waals surface area contributed by atoms with Gasteiger partial charge in [0.15, 0.2) is 0 Å². The Kier molecular flexibility index (Phi) is 5.07. The standard InChI is InChI=1S/C14H17BrClNO/c15-8-7-11-2-1-9-17(10-11)14(18)12-3-5-13(16)6-4-12/h3-6,11H,1-2,7-10H2. The van der Waals surface area contributed by atoms with E-state index >= 15 is 0 Å². The predicted octanol–water partition coefficient (Wildman–Crippen LogP) is 3.98. The van der Waals surface area contributed by atoms with Gasteiger partial charge in [0.05, 0.1) is 0 Å². The molecule has 98 valence electrons. The second-order valence-corrected chi connectivity index (χ2v) is 5.97. The normalized spacial score (nSPS) is 19.9. The number of amides is 1. The fourth-order valence-electron chi connectivity index (χ4n) is 2.41. The van der Waals surface area contributed by atoms with Crippen LogP contribution in [-0.2, 0) is 0 Å². The number of benzene rings is 1. The summed E-state index contributed by atoms with van der Waals surface area (Å²) in [4.78, 5) is 14.3. The van der Waals surface area contributed by atoms with Gasteiger partial charge in [-0.1, -0.05) is 27.5 Å². The zero-order chi connectivity index (χ0) is 13.0. The third-order valence-corrected chi connectivity index (χ3v) is 4.12. The van der Waals surface area contributed by atoms with E-state index < -0.39 is 0 Å². The first-order chi connectivity index (χ1) is 8.70. The zero-order valence-electron chi connectivity index (χ0n) is 10.2. The molecule has 1 aromatic carbocycles. The number of nitrogens with zero attached hydrogens (tertiary/aromatic N) is 1. The number of likely N-dealkylation sites (tertiary alicyclic amines) is 1. The van der Waals surface area contributed by atoms with Crippen LogP contribution in [0.15, 0.2) is 24.3 Å². The van der Waals surface area contributed by atoms with Crippen molar-refractivity contribution < 1.29 is 4.79 Å². The Morgan fingerprint density at radius 1 is 1.39 bits per heavy atom. The van der Waals surface area contributed by atoms with E-state index in [0.717, 1.165) is 36.8 Å². The summed E-state index contributed by atoms with van der Waals surface area (Å²) >= 11 is 9.31. The molecular formula is C14H17BrClNO. The lowest BCUT2D eigenvalue weighted by molar-refractivity contribution is 0.0672. The zero-order valence-corrected chi connectivity index (χ0v) is 12.6. The van der Waals surface area contributed by atoms with Gasteiger partial charge in [0, 0.05) is 29.0 Å². The SMILES string of the molecule is O=C(c1ccc(Cl)cc1)N1CCCC(CCBr)C1. The van der Waals surface area contributed by atoms with Crippen LogP contribution >= 0.6 is 27.5 Å². The van der Waals surface area contributed by atoms with Gasteiger partial charge >= 0.3 is 0 Å². The van der Waals surface area contributed by atoms with Gasteiger partial charge in [0.2, 0.25) is 0 Å². The number of rotatable bonds is 3. The molecule has 1 aromatic rings. The first-order valence-electron chi connectivity index (χ1n) is 6.31. The van der Waals surface area contributed by atoms with E-state index in [1.807, 2.05) is 4.90 Å². The van der Waals surface area contributed by atoms with E-state index in [9.17, 15) is 4.79 Å². The monoisotopic (exact) mass is 329 g/mol. The molecule has 1 aliphatic heterocycles. The lowest BCUT2D eigenvalue weighted by Gasteiger charge is -2.32. The molecule has 0 radical (unpaired) electrons. The van der Waals surface area contributed by atoms with Crippen LogP contribution in [0, 0.1) is 5.92 Å². The number of piperidine rings is 1. The largest absolute Gasteiger partial charge is 0.338 e. The number of carbonyl (C=O) groups is 1. The molecule has 0 aliphatic carbocycles. The summed E-state index contributed by atoms with van der Waals surface area (Å²) in [7, 11) is 0. The molecule has 1 unspecified atom stereocenters. The number of alkyl halides is 1. The summed E-state index contributed by atoms with van der Waals surface area (Å²) in [5, 5.41) is 1.68. The number of carbonyl (C=O) groups excluding carboxylic acids is 1. The van der Waals surface area contributed by atoms with Crippen molar-refractivity contribution in [2.45, 2.75) is 19.3 Å². The Labute approximate surface area is 121 Å². The van der Waals surface area contributed by atoms with E-state index in [0.29, 0.717) is 10.9 Å². The Morgan fingerprint density at radius 2 is 2.11 bits per heavy atom. The minimum atomic E-state index is 0.130. The molecule has 1 saturated heterocycles. The van der Waals surface area contributed by atoms with E-state index in [4.69, 9.17) is 11.6 Å². The van der Waals surface area contributed by atoms with Crippen molar-refractivity contribution >= 4 is 33.4 Å². The summed E-state index contributed by atoms with van der Waals surface area (Å²) in [6, 6.07) is 7.15. The van der Waals surface area contributed by atoms with Crippen LogP contribution < -0.4 is 0 Å². The highest BCUT2D eigenvalue weighted by molar-refractivity contribution is 9.09. The third kappa shape index (κ3) is 3.48. The number of hydrogen-bond donors (Lipinski definition) is 0. The second kappa shape index (κ2) is 6.58. The highest BCUT2D eigenvalue weighted by Crippen LogP contribution is 2.22. The van der Waals surface area contributed by atoms with Crippen LogP contribution in [0.25, 0.3) is 0 Å². The lowest BCUT2D eigenvalue weighted by Crippen LogP contribution is -2.40. The second-order valence-electron chi connectivity index (χ2n) is 4.74. The molecule has 1 amide bonds. The van der Waals surface area contributed by atoms with Gasteiger partial charge in [-0.3, -0.25) is 4.79 Å². The van der Waals surface area contributed by atoms with Gasteiger partial charge in [0.25, 0.3) is 5.91 Å². The molecule has 1 heterocycles. The van der Waals surface area contributed by atoms with Crippen LogP contribution in [0.5, 0.6) is 0 Å². The minimum Gasteiger partial charge on any atom is -0.338 e. The minimum absolute atomic E-state index is 0.130. The van der Waals surface area contributed by atoms with Crippen LogP contribution in [-0.4, -0.2) is 29.2 Å². The lowest BCUT2D eigenvalue weighted by atomic mass is 9.95. The Hall–Kier alpha value is -0.540.